The number of benzene rings is 1. The zero-order valence-corrected chi connectivity index (χ0v) is 19.8. The molecular weight excluding hydrogens is 430 g/mol. The predicted molar refractivity (Wildman–Crippen MR) is 120 cm³/mol. The summed E-state index contributed by atoms with van der Waals surface area (Å²) in [6.07, 6.45) is 4.06. The molecule has 4 rings (SSSR count). The molecule has 2 amide bonds. The number of amides is 2. The van der Waals surface area contributed by atoms with Crippen LogP contribution < -0.4 is 0 Å². The first-order valence-electron chi connectivity index (χ1n) is 11.6. The van der Waals surface area contributed by atoms with Crippen molar-refractivity contribution >= 4 is 21.8 Å². The van der Waals surface area contributed by atoms with E-state index < -0.39 is 10.0 Å². The van der Waals surface area contributed by atoms with Gasteiger partial charge in [0.05, 0.1) is 4.90 Å². The SMILES string of the molecule is Cc1ccc(S(=O)(=O)N2CCCCC2C)cc1C(=O)N1CCN(C(=O)C2CCCO2)CC1. The molecule has 2 unspecified atom stereocenters. The zero-order valence-electron chi connectivity index (χ0n) is 19.0. The van der Waals surface area contributed by atoms with Gasteiger partial charge in [0.1, 0.15) is 6.10 Å². The first-order valence-corrected chi connectivity index (χ1v) is 13.0. The van der Waals surface area contributed by atoms with Crippen LogP contribution in [0.1, 0.15) is 54.9 Å². The number of carbonyl (C=O) groups is 2. The largest absolute Gasteiger partial charge is 0.368 e. The van der Waals surface area contributed by atoms with Gasteiger partial charge in [-0.15, -0.1) is 0 Å². The molecule has 2 atom stereocenters. The molecule has 1 aromatic carbocycles. The van der Waals surface area contributed by atoms with E-state index in [4.69, 9.17) is 4.74 Å². The standard InChI is InChI=1S/C23H33N3O5S/c1-17-8-9-19(32(29,30)26-10-4-3-6-18(26)2)16-20(17)22(27)24-11-13-25(14-12-24)23(28)21-7-5-15-31-21/h8-9,16,18,21H,3-7,10-15H2,1-2H3. The molecule has 0 radical (unpaired) electrons. The first kappa shape index (κ1) is 23.2. The van der Waals surface area contributed by atoms with Crippen molar-refractivity contribution in [2.24, 2.45) is 0 Å². The monoisotopic (exact) mass is 463 g/mol. The van der Waals surface area contributed by atoms with E-state index in [1.165, 1.54) is 6.07 Å². The highest BCUT2D eigenvalue weighted by atomic mass is 32.2. The Hall–Kier alpha value is -1.97. The molecule has 3 aliphatic heterocycles. The number of rotatable bonds is 4. The van der Waals surface area contributed by atoms with Gasteiger partial charge in [0.25, 0.3) is 11.8 Å². The average Bonchev–Trinajstić information content (AvgIpc) is 3.33. The van der Waals surface area contributed by atoms with Gasteiger partial charge in [-0.2, -0.15) is 4.31 Å². The zero-order chi connectivity index (χ0) is 22.9. The highest BCUT2D eigenvalue weighted by Gasteiger charge is 2.34. The fourth-order valence-electron chi connectivity index (χ4n) is 4.83. The van der Waals surface area contributed by atoms with Crippen LogP contribution in [0.4, 0.5) is 0 Å². The van der Waals surface area contributed by atoms with Crippen LogP contribution in [0, 0.1) is 6.92 Å². The maximum Gasteiger partial charge on any atom is 0.254 e. The molecule has 3 aliphatic rings. The Labute approximate surface area is 190 Å². The van der Waals surface area contributed by atoms with Crippen LogP contribution >= 0.6 is 0 Å². The number of piperidine rings is 1. The highest BCUT2D eigenvalue weighted by Crippen LogP contribution is 2.27. The Bertz CT molecular complexity index is 966. The van der Waals surface area contributed by atoms with Crippen molar-refractivity contribution in [2.75, 3.05) is 39.3 Å². The number of nitrogens with zero attached hydrogens (tertiary/aromatic N) is 3. The molecular formula is C23H33N3O5S. The molecule has 1 aromatic rings. The molecule has 0 spiro atoms. The second-order valence-electron chi connectivity index (χ2n) is 9.06. The Kier molecular flexibility index (Phi) is 6.88. The molecule has 0 N–H and O–H groups in total. The smallest absolute Gasteiger partial charge is 0.254 e. The van der Waals surface area contributed by atoms with Gasteiger partial charge in [-0.05, 0) is 57.2 Å². The number of hydrogen-bond donors (Lipinski definition) is 0. The van der Waals surface area contributed by atoms with Gasteiger partial charge in [0.15, 0.2) is 0 Å². The van der Waals surface area contributed by atoms with Crippen LogP contribution in [0.2, 0.25) is 0 Å². The van der Waals surface area contributed by atoms with Crippen LogP contribution in [-0.4, -0.2) is 85.8 Å². The fourth-order valence-corrected chi connectivity index (χ4v) is 6.56. The summed E-state index contributed by atoms with van der Waals surface area (Å²) in [5.41, 5.74) is 1.16. The third kappa shape index (κ3) is 4.56. The quantitative estimate of drug-likeness (QED) is 0.682. The van der Waals surface area contributed by atoms with Crippen molar-refractivity contribution in [3.63, 3.8) is 0 Å². The summed E-state index contributed by atoms with van der Waals surface area (Å²) in [5.74, 6) is -0.176. The summed E-state index contributed by atoms with van der Waals surface area (Å²) in [5, 5.41) is 0. The molecule has 9 heteroatoms. The fraction of sp³-hybridized carbons (Fsp3) is 0.652. The Morgan fingerprint density at radius 3 is 2.34 bits per heavy atom. The number of aryl methyl sites for hydroxylation is 1. The van der Waals surface area contributed by atoms with Crippen molar-refractivity contribution < 1.29 is 22.7 Å². The van der Waals surface area contributed by atoms with E-state index >= 15 is 0 Å². The topological polar surface area (TPSA) is 87.2 Å². The number of hydrogen-bond acceptors (Lipinski definition) is 5. The molecule has 3 fully saturated rings. The van der Waals surface area contributed by atoms with Gasteiger partial charge in [-0.25, -0.2) is 8.42 Å². The molecule has 0 aromatic heterocycles. The van der Waals surface area contributed by atoms with Gasteiger partial charge >= 0.3 is 0 Å². The first-order chi connectivity index (χ1) is 15.3. The maximum absolute atomic E-state index is 13.3. The van der Waals surface area contributed by atoms with Gasteiger partial charge in [-0.1, -0.05) is 12.5 Å². The second-order valence-corrected chi connectivity index (χ2v) is 10.9. The molecule has 176 valence electrons. The lowest BCUT2D eigenvalue weighted by molar-refractivity contribution is -0.142. The number of sulfonamides is 1. The van der Waals surface area contributed by atoms with Crippen LogP contribution in [0.25, 0.3) is 0 Å². The van der Waals surface area contributed by atoms with E-state index in [1.807, 2.05) is 13.8 Å². The van der Waals surface area contributed by atoms with Gasteiger partial charge in [-0.3, -0.25) is 9.59 Å². The molecule has 0 bridgehead atoms. The second kappa shape index (κ2) is 9.49. The summed E-state index contributed by atoms with van der Waals surface area (Å²) in [6.45, 7) is 6.69. The Morgan fingerprint density at radius 1 is 0.969 bits per heavy atom. The van der Waals surface area contributed by atoms with E-state index in [9.17, 15) is 18.0 Å². The molecule has 0 aliphatic carbocycles. The van der Waals surface area contributed by atoms with Crippen molar-refractivity contribution in [3.8, 4) is 0 Å². The number of ether oxygens (including phenoxy) is 1. The normalized spacial score (nSPS) is 25.2. The molecule has 3 saturated heterocycles. The van der Waals surface area contributed by atoms with Crippen molar-refractivity contribution in [2.45, 2.75) is 63.0 Å². The average molecular weight is 464 g/mol. The molecule has 0 saturated carbocycles. The molecule has 32 heavy (non-hydrogen) atoms. The Morgan fingerprint density at radius 2 is 1.69 bits per heavy atom. The van der Waals surface area contributed by atoms with E-state index in [0.29, 0.717) is 44.9 Å². The lowest BCUT2D eigenvalue weighted by atomic mass is 10.1. The third-order valence-corrected chi connectivity index (χ3v) is 8.88. The number of piperazine rings is 1. The minimum Gasteiger partial charge on any atom is -0.368 e. The molecule has 8 nitrogen and oxygen atoms in total. The summed E-state index contributed by atoms with van der Waals surface area (Å²) in [4.78, 5) is 29.5. The van der Waals surface area contributed by atoms with Crippen LogP contribution in [-0.2, 0) is 19.6 Å². The van der Waals surface area contributed by atoms with Crippen LogP contribution in [0.5, 0.6) is 0 Å². The van der Waals surface area contributed by atoms with Crippen molar-refractivity contribution in [1.29, 1.82) is 0 Å². The highest BCUT2D eigenvalue weighted by molar-refractivity contribution is 7.89. The Balaban J connectivity index is 1.47. The van der Waals surface area contributed by atoms with E-state index in [2.05, 4.69) is 0 Å². The minimum absolute atomic E-state index is 0.00882. The van der Waals surface area contributed by atoms with E-state index in [0.717, 1.165) is 37.7 Å². The van der Waals surface area contributed by atoms with Crippen molar-refractivity contribution in [3.05, 3.63) is 29.3 Å². The predicted octanol–water partition coefficient (Wildman–Crippen LogP) is 2.02. The van der Waals surface area contributed by atoms with Crippen molar-refractivity contribution in [1.82, 2.24) is 14.1 Å². The lowest BCUT2D eigenvalue weighted by Crippen LogP contribution is -2.52. The molecule has 3 heterocycles. The van der Waals surface area contributed by atoms with Gasteiger partial charge < -0.3 is 14.5 Å². The minimum atomic E-state index is -3.65. The maximum atomic E-state index is 13.3. The summed E-state index contributed by atoms with van der Waals surface area (Å²) < 4.78 is 33.6. The third-order valence-electron chi connectivity index (χ3n) is 6.87. The van der Waals surface area contributed by atoms with E-state index in [-0.39, 0.29) is 28.9 Å². The van der Waals surface area contributed by atoms with Crippen LogP contribution in [0.3, 0.4) is 0 Å². The van der Waals surface area contributed by atoms with Gasteiger partial charge in [0.2, 0.25) is 10.0 Å². The van der Waals surface area contributed by atoms with E-state index in [1.54, 1.807) is 26.2 Å². The summed E-state index contributed by atoms with van der Waals surface area (Å²) in [6, 6.07) is 4.80. The van der Waals surface area contributed by atoms with Crippen LogP contribution in [0.15, 0.2) is 23.1 Å². The number of carbonyl (C=O) groups excluding carboxylic acids is 2. The summed E-state index contributed by atoms with van der Waals surface area (Å²) in [7, 11) is -3.65. The summed E-state index contributed by atoms with van der Waals surface area (Å²) >= 11 is 0. The lowest BCUT2D eigenvalue weighted by Gasteiger charge is -2.36. The van der Waals surface area contributed by atoms with Gasteiger partial charge in [0, 0.05) is 50.9 Å².